The highest BCUT2D eigenvalue weighted by molar-refractivity contribution is 5.57. The van der Waals surface area contributed by atoms with E-state index in [0.717, 1.165) is 55.4 Å². The van der Waals surface area contributed by atoms with Crippen LogP contribution in [0.25, 0.3) is 0 Å². The lowest BCUT2D eigenvalue weighted by Crippen LogP contribution is -2.35. The van der Waals surface area contributed by atoms with E-state index >= 15 is 0 Å². The summed E-state index contributed by atoms with van der Waals surface area (Å²) in [6.07, 6.45) is 9.45. The van der Waals surface area contributed by atoms with Crippen LogP contribution < -0.4 is 5.32 Å². The van der Waals surface area contributed by atoms with Gasteiger partial charge in [-0.2, -0.15) is 5.10 Å². The van der Waals surface area contributed by atoms with E-state index in [-0.39, 0.29) is 0 Å². The van der Waals surface area contributed by atoms with Crippen LogP contribution in [0.3, 0.4) is 0 Å². The molecule has 0 aromatic carbocycles. The van der Waals surface area contributed by atoms with E-state index in [1.54, 1.807) is 18.6 Å². The number of hydrogen-bond donors (Lipinski definition) is 1. The van der Waals surface area contributed by atoms with Gasteiger partial charge in [0, 0.05) is 50.8 Å². The van der Waals surface area contributed by atoms with Crippen molar-refractivity contribution >= 4 is 11.6 Å². The number of piperidine rings is 1. The Morgan fingerprint density at radius 1 is 1.07 bits per heavy atom. The standard InChI is InChI=1S/C20H25N7/c1-15-5-3-8-22-19(15)25-20-18(21-10-11-23-20)16-6-4-12-27(13-16)14-17-7-9-24-26(17)2/h3,5,7-11,16H,4,6,12-14H2,1-2H3,(H,22,23,25). The molecule has 0 spiro atoms. The Morgan fingerprint density at radius 2 is 1.93 bits per heavy atom. The van der Waals surface area contributed by atoms with E-state index in [0.29, 0.717) is 5.92 Å². The van der Waals surface area contributed by atoms with Crippen molar-refractivity contribution in [2.45, 2.75) is 32.2 Å². The molecule has 1 aliphatic heterocycles. The molecule has 1 fully saturated rings. The van der Waals surface area contributed by atoms with Crippen molar-refractivity contribution in [2.24, 2.45) is 7.05 Å². The second-order valence-corrected chi connectivity index (χ2v) is 7.10. The van der Waals surface area contributed by atoms with Gasteiger partial charge in [0.1, 0.15) is 5.82 Å². The van der Waals surface area contributed by atoms with E-state index < -0.39 is 0 Å². The molecule has 3 aromatic heterocycles. The molecule has 0 amide bonds. The first-order chi connectivity index (χ1) is 13.2. The average molecular weight is 363 g/mol. The van der Waals surface area contributed by atoms with Crippen LogP contribution in [0, 0.1) is 6.92 Å². The number of nitrogens with zero attached hydrogens (tertiary/aromatic N) is 6. The molecule has 4 heterocycles. The molecule has 0 saturated carbocycles. The summed E-state index contributed by atoms with van der Waals surface area (Å²) < 4.78 is 1.95. The van der Waals surface area contributed by atoms with E-state index in [2.05, 4.69) is 36.3 Å². The van der Waals surface area contributed by atoms with Crippen LogP contribution in [0.2, 0.25) is 0 Å². The third-order valence-electron chi connectivity index (χ3n) is 5.17. The molecule has 1 saturated heterocycles. The van der Waals surface area contributed by atoms with E-state index in [1.165, 1.54) is 5.69 Å². The Balaban J connectivity index is 1.52. The molecule has 4 rings (SSSR count). The number of aryl methyl sites for hydroxylation is 2. The first kappa shape index (κ1) is 17.6. The molecule has 7 heteroatoms. The molecule has 0 aliphatic carbocycles. The molecule has 1 N–H and O–H groups in total. The van der Waals surface area contributed by atoms with Crippen LogP contribution in [0.5, 0.6) is 0 Å². The third kappa shape index (κ3) is 3.98. The summed E-state index contributed by atoms with van der Waals surface area (Å²) in [5.41, 5.74) is 3.35. The molecule has 0 bridgehead atoms. The van der Waals surface area contributed by atoms with E-state index in [4.69, 9.17) is 0 Å². The van der Waals surface area contributed by atoms with Crippen molar-refractivity contribution in [3.05, 3.63) is 59.9 Å². The van der Waals surface area contributed by atoms with Crippen LogP contribution >= 0.6 is 0 Å². The lowest BCUT2D eigenvalue weighted by molar-refractivity contribution is 0.194. The zero-order valence-corrected chi connectivity index (χ0v) is 15.8. The second kappa shape index (κ2) is 7.84. The zero-order valence-electron chi connectivity index (χ0n) is 15.8. The first-order valence-electron chi connectivity index (χ1n) is 9.39. The van der Waals surface area contributed by atoms with Crippen molar-refractivity contribution in [3.8, 4) is 0 Å². The third-order valence-corrected chi connectivity index (χ3v) is 5.17. The van der Waals surface area contributed by atoms with Crippen molar-refractivity contribution in [3.63, 3.8) is 0 Å². The Labute approximate surface area is 159 Å². The number of rotatable bonds is 5. The highest BCUT2D eigenvalue weighted by atomic mass is 15.3. The molecule has 27 heavy (non-hydrogen) atoms. The molecule has 0 radical (unpaired) electrons. The van der Waals surface area contributed by atoms with Gasteiger partial charge in [0.2, 0.25) is 0 Å². The molecule has 140 valence electrons. The summed E-state index contributed by atoms with van der Waals surface area (Å²) >= 11 is 0. The predicted molar refractivity (Wildman–Crippen MR) is 105 cm³/mol. The van der Waals surface area contributed by atoms with Crippen molar-refractivity contribution in [2.75, 3.05) is 18.4 Å². The number of anilines is 2. The fraction of sp³-hybridized carbons (Fsp3) is 0.400. The molecule has 7 nitrogen and oxygen atoms in total. The largest absolute Gasteiger partial charge is 0.323 e. The molecule has 1 atom stereocenters. The maximum Gasteiger partial charge on any atom is 0.153 e. The van der Waals surface area contributed by atoms with Gasteiger partial charge in [0.05, 0.1) is 11.4 Å². The van der Waals surface area contributed by atoms with Gasteiger partial charge in [-0.25, -0.2) is 9.97 Å². The van der Waals surface area contributed by atoms with Crippen LogP contribution in [0.1, 0.15) is 35.7 Å². The van der Waals surface area contributed by atoms with Gasteiger partial charge in [-0.1, -0.05) is 6.07 Å². The smallest absolute Gasteiger partial charge is 0.153 e. The van der Waals surface area contributed by atoms with Gasteiger partial charge in [0.25, 0.3) is 0 Å². The predicted octanol–water partition coefficient (Wildman–Crippen LogP) is 3.04. The molecule has 1 aliphatic rings. The average Bonchev–Trinajstić information content (AvgIpc) is 3.09. The number of likely N-dealkylation sites (tertiary alicyclic amines) is 1. The van der Waals surface area contributed by atoms with Crippen LogP contribution in [0.4, 0.5) is 11.6 Å². The molecular formula is C20H25N7. The molecule has 1 unspecified atom stereocenters. The Bertz CT molecular complexity index is 905. The van der Waals surface area contributed by atoms with Gasteiger partial charge in [0.15, 0.2) is 5.82 Å². The topological polar surface area (TPSA) is 71.8 Å². The summed E-state index contributed by atoms with van der Waals surface area (Å²) in [6.45, 7) is 5.03. The second-order valence-electron chi connectivity index (χ2n) is 7.10. The lowest BCUT2D eigenvalue weighted by Gasteiger charge is -2.32. The van der Waals surface area contributed by atoms with Crippen LogP contribution in [-0.4, -0.2) is 42.7 Å². The van der Waals surface area contributed by atoms with E-state index in [1.807, 2.05) is 37.0 Å². The Morgan fingerprint density at radius 3 is 2.74 bits per heavy atom. The van der Waals surface area contributed by atoms with E-state index in [9.17, 15) is 0 Å². The SMILES string of the molecule is Cc1cccnc1Nc1nccnc1C1CCCN(Cc2ccnn2C)C1. The van der Waals surface area contributed by atoms with Gasteiger partial charge >= 0.3 is 0 Å². The summed E-state index contributed by atoms with van der Waals surface area (Å²) in [5.74, 6) is 2.00. The minimum Gasteiger partial charge on any atom is -0.323 e. The summed E-state index contributed by atoms with van der Waals surface area (Å²) in [6, 6.07) is 6.07. The minimum atomic E-state index is 0.354. The summed E-state index contributed by atoms with van der Waals surface area (Å²) in [4.78, 5) is 16.2. The van der Waals surface area contributed by atoms with Crippen LogP contribution in [0.15, 0.2) is 43.0 Å². The zero-order chi connectivity index (χ0) is 18.6. The summed E-state index contributed by atoms with van der Waals surface area (Å²) in [7, 11) is 2.00. The quantitative estimate of drug-likeness (QED) is 0.751. The number of hydrogen-bond acceptors (Lipinski definition) is 6. The van der Waals surface area contributed by atoms with Gasteiger partial charge in [-0.05, 0) is 44.0 Å². The number of aromatic nitrogens is 5. The van der Waals surface area contributed by atoms with Crippen molar-refractivity contribution < 1.29 is 0 Å². The first-order valence-corrected chi connectivity index (χ1v) is 9.39. The van der Waals surface area contributed by atoms with Gasteiger partial charge < -0.3 is 5.32 Å². The fourth-order valence-corrected chi connectivity index (χ4v) is 3.68. The minimum absolute atomic E-state index is 0.354. The van der Waals surface area contributed by atoms with Crippen molar-refractivity contribution in [1.29, 1.82) is 0 Å². The monoisotopic (exact) mass is 363 g/mol. The summed E-state index contributed by atoms with van der Waals surface area (Å²) in [5, 5.41) is 7.67. The lowest BCUT2D eigenvalue weighted by atomic mass is 9.94. The number of pyridine rings is 1. The fourth-order valence-electron chi connectivity index (χ4n) is 3.68. The molecular weight excluding hydrogens is 338 g/mol. The van der Waals surface area contributed by atoms with Gasteiger partial charge in [-0.3, -0.25) is 14.6 Å². The highest BCUT2D eigenvalue weighted by Crippen LogP contribution is 2.31. The number of nitrogens with one attached hydrogen (secondary N) is 1. The highest BCUT2D eigenvalue weighted by Gasteiger charge is 2.25. The van der Waals surface area contributed by atoms with Crippen molar-refractivity contribution in [1.82, 2.24) is 29.6 Å². The maximum atomic E-state index is 4.68. The van der Waals surface area contributed by atoms with Crippen LogP contribution in [-0.2, 0) is 13.6 Å². The molecule has 3 aromatic rings. The normalized spacial score (nSPS) is 17.8. The Hall–Kier alpha value is -2.80. The van der Waals surface area contributed by atoms with Gasteiger partial charge in [-0.15, -0.1) is 0 Å². The Kier molecular flexibility index (Phi) is 5.11. The maximum absolute atomic E-state index is 4.68.